The molecule has 0 unspecified atom stereocenters. The third-order valence-corrected chi connectivity index (χ3v) is 4.77. The molecule has 0 aliphatic carbocycles. The minimum Gasteiger partial charge on any atom is -0.304 e. The topological polar surface area (TPSA) is 3.24 Å². The van der Waals surface area contributed by atoms with Crippen molar-refractivity contribution < 1.29 is 0 Å². The fourth-order valence-electron chi connectivity index (χ4n) is 2.21. The first-order chi connectivity index (χ1) is 9.65. The van der Waals surface area contributed by atoms with Gasteiger partial charge < -0.3 is 4.90 Å². The summed E-state index contributed by atoms with van der Waals surface area (Å²) in [7, 11) is 0. The van der Waals surface area contributed by atoms with Crippen LogP contribution in [0.1, 0.15) is 46.1 Å². The highest BCUT2D eigenvalue weighted by Crippen LogP contribution is 2.21. The second-order valence-electron chi connectivity index (χ2n) is 5.81. The molecule has 0 aromatic heterocycles. The number of nitrogens with zero attached hydrogens (tertiary/aromatic N) is 1. The molecule has 114 valence electrons. The summed E-state index contributed by atoms with van der Waals surface area (Å²) in [6.07, 6.45) is 3.77. The van der Waals surface area contributed by atoms with E-state index in [1.54, 1.807) is 0 Å². The van der Waals surface area contributed by atoms with Crippen LogP contribution >= 0.6 is 11.8 Å². The van der Waals surface area contributed by atoms with Crippen molar-refractivity contribution in [3.8, 4) is 0 Å². The van der Waals surface area contributed by atoms with E-state index in [1.807, 2.05) is 11.8 Å². The van der Waals surface area contributed by atoms with Crippen molar-refractivity contribution in [2.75, 3.05) is 25.4 Å². The van der Waals surface area contributed by atoms with Crippen molar-refractivity contribution in [1.82, 2.24) is 4.90 Å². The monoisotopic (exact) mass is 293 g/mol. The molecule has 1 aromatic rings. The van der Waals surface area contributed by atoms with Crippen molar-refractivity contribution >= 4 is 11.8 Å². The fraction of sp³-hybridized carbons (Fsp3) is 0.667. The molecule has 0 radical (unpaired) electrons. The fourth-order valence-corrected chi connectivity index (χ4v) is 3.36. The molecule has 0 bridgehead atoms. The van der Waals surface area contributed by atoms with E-state index >= 15 is 0 Å². The lowest BCUT2D eigenvalue weighted by Gasteiger charge is -2.17. The van der Waals surface area contributed by atoms with Crippen LogP contribution in [-0.4, -0.2) is 30.3 Å². The van der Waals surface area contributed by atoms with Gasteiger partial charge in [0.25, 0.3) is 0 Å². The van der Waals surface area contributed by atoms with Gasteiger partial charge in [-0.25, -0.2) is 0 Å². The molecular formula is C18H31NS. The summed E-state index contributed by atoms with van der Waals surface area (Å²) in [6, 6.07) is 9.19. The predicted molar refractivity (Wildman–Crippen MR) is 92.7 cm³/mol. The van der Waals surface area contributed by atoms with Crippen LogP contribution in [0.2, 0.25) is 0 Å². The summed E-state index contributed by atoms with van der Waals surface area (Å²) in [4.78, 5) is 3.91. The third-order valence-electron chi connectivity index (χ3n) is 3.72. The molecule has 0 amide bonds. The Balaban J connectivity index is 2.28. The average molecular weight is 294 g/mol. The highest BCUT2D eigenvalue weighted by molar-refractivity contribution is 7.99. The maximum atomic E-state index is 2.50. The van der Waals surface area contributed by atoms with Gasteiger partial charge in [0.05, 0.1) is 0 Å². The van der Waals surface area contributed by atoms with Crippen molar-refractivity contribution in [2.24, 2.45) is 5.92 Å². The Morgan fingerprint density at radius 3 is 2.25 bits per heavy atom. The van der Waals surface area contributed by atoms with Gasteiger partial charge in [0.1, 0.15) is 0 Å². The Morgan fingerprint density at radius 1 is 1.05 bits per heavy atom. The molecule has 1 aromatic carbocycles. The predicted octanol–water partition coefficient (Wildman–Crippen LogP) is 5.10. The number of aryl methyl sites for hydroxylation is 1. The molecule has 20 heavy (non-hydrogen) atoms. The average Bonchev–Trinajstić information content (AvgIpc) is 2.45. The van der Waals surface area contributed by atoms with Crippen LogP contribution < -0.4 is 0 Å². The maximum absolute atomic E-state index is 2.50. The van der Waals surface area contributed by atoms with E-state index in [1.165, 1.54) is 55.1 Å². The van der Waals surface area contributed by atoms with Gasteiger partial charge >= 0.3 is 0 Å². The molecule has 1 rings (SSSR count). The van der Waals surface area contributed by atoms with Gasteiger partial charge in [-0.1, -0.05) is 39.8 Å². The number of rotatable bonds is 10. The second-order valence-corrected chi connectivity index (χ2v) is 6.97. The molecule has 0 saturated carbocycles. The van der Waals surface area contributed by atoms with Gasteiger partial charge in [-0.3, -0.25) is 0 Å². The summed E-state index contributed by atoms with van der Waals surface area (Å²) in [5, 5.41) is 0. The zero-order valence-corrected chi connectivity index (χ0v) is 14.5. The molecular weight excluding hydrogens is 262 g/mol. The minimum atomic E-state index is 0.807. The quantitative estimate of drug-likeness (QED) is 0.552. The van der Waals surface area contributed by atoms with E-state index in [0.29, 0.717) is 0 Å². The number of hydrogen-bond acceptors (Lipinski definition) is 2. The van der Waals surface area contributed by atoms with Crippen LogP contribution in [0.3, 0.4) is 0 Å². The van der Waals surface area contributed by atoms with E-state index in [4.69, 9.17) is 0 Å². The summed E-state index contributed by atoms with van der Waals surface area (Å²) < 4.78 is 0. The SMILES string of the molecule is CCN(CC)CCCc1ccc(SCCC(C)C)cc1. The van der Waals surface area contributed by atoms with Crippen LogP contribution in [0.25, 0.3) is 0 Å². The molecule has 0 heterocycles. The smallest absolute Gasteiger partial charge is 0.00721 e. The van der Waals surface area contributed by atoms with Crippen LogP contribution in [-0.2, 0) is 6.42 Å². The largest absolute Gasteiger partial charge is 0.304 e. The van der Waals surface area contributed by atoms with E-state index in [2.05, 4.69) is 56.9 Å². The standard InChI is InChI=1S/C18H31NS/c1-5-19(6-2)14-7-8-17-9-11-18(12-10-17)20-15-13-16(3)4/h9-12,16H,5-8,13-15H2,1-4H3. The molecule has 0 aliphatic rings. The van der Waals surface area contributed by atoms with Gasteiger partial charge in [-0.2, -0.15) is 0 Å². The van der Waals surface area contributed by atoms with Crippen molar-refractivity contribution in [2.45, 2.75) is 51.9 Å². The van der Waals surface area contributed by atoms with Crippen LogP contribution in [0.5, 0.6) is 0 Å². The normalized spacial score (nSPS) is 11.5. The van der Waals surface area contributed by atoms with Gasteiger partial charge in [0.15, 0.2) is 0 Å². The van der Waals surface area contributed by atoms with Crippen molar-refractivity contribution in [3.05, 3.63) is 29.8 Å². The lowest BCUT2D eigenvalue weighted by Crippen LogP contribution is -2.24. The molecule has 0 fully saturated rings. The highest BCUT2D eigenvalue weighted by atomic mass is 32.2. The summed E-state index contributed by atoms with van der Waals surface area (Å²) >= 11 is 1.99. The highest BCUT2D eigenvalue weighted by Gasteiger charge is 2.01. The first kappa shape index (κ1) is 17.6. The van der Waals surface area contributed by atoms with Crippen LogP contribution in [0.4, 0.5) is 0 Å². The minimum absolute atomic E-state index is 0.807. The number of thioether (sulfide) groups is 1. The van der Waals surface area contributed by atoms with Crippen LogP contribution in [0, 0.1) is 5.92 Å². The number of hydrogen-bond donors (Lipinski definition) is 0. The van der Waals surface area contributed by atoms with E-state index in [-0.39, 0.29) is 0 Å². The summed E-state index contributed by atoms with van der Waals surface area (Å²) in [6.45, 7) is 12.6. The van der Waals surface area contributed by atoms with Gasteiger partial charge in [-0.15, -0.1) is 11.8 Å². The molecule has 1 nitrogen and oxygen atoms in total. The lowest BCUT2D eigenvalue weighted by molar-refractivity contribution is 0.300. The Bertz CT molecular complexity index is 341. The van der Waals surface area contributed by atoms with Gasteiger partial charge in [-0.05, 0) is 68.3 Å². The Hall–Kier alpha value is -0.470. The van der Waals surface area contributed by atoms with Crippen molar-refractivity contribution in [1.29, 1.82) is 0 Å². The first-order valence-corrected chi connectivity index (χ1v) is 9.08. The van der Waals surface area contributed by atoms with Crippen molar-refractivity contribution in [3.63, 3.8) is 0 Å². The second kappa shape index (κ2) is 10.3. The van der Waals surface area contributed by atoms with Gasteiger partial charge in [0.2, 0.25) is 0 Å². The molecule has 0 saturated heterocycles. The summed E-state index contributed by atoms with van der Waals surface area (Å²) in [5.74, 6) is 2.04. The van der Waals surface area contributed by atoms with E-state index < -0.39 is 0 Å². The van der Waals surface area contributed by atoms with Crippen LogP contribution in [0.15, 0.2) is 29.2 Å². The first-order valence-electron chi connectivity index (χ1n) is 8.09. The number of benzene rings is 1. The van der Waals surface area contributed by atoms with E-state index in [9.17, 15) is 0 Å². The van der Waals surface area contributed by atoms with E-state index in [0.717, 1.165) is 5.92 Å². The van der Waals surface area contributed by atoms with Gasteiger partial charge in [0, 0.05) is 4.90 Å². The molecule has 0 atom stereocenters. The lowest BCUT2D eigenvalue weighted by atomic mass is 10.1. The molecule has 0 N–H and O–H groups in total. The zero-order chi connectivity index (χ0) is 14.8. The summed E-state index contributed by atoms with van der Waals surface area (Å²) in [5.41, 5.74) is 1.48. The Labute approximate surface area is 130 Å². The maximum Gasteiger partial charge on any atom is 0.00721 e. The Kier molecular flexibility index (Phi) is 9.04. The Morgan fingerprint density at radius 2 is 1.70 bits per heavy atom. The molecule has 0 aliphatic heterocycles. The molecule has 2 heteroatoms. The molecule has 0 spiro atoms. The zero-order valence-electron chi connectivity index (χ0n) is 13.7. The third kappa shape index (κ3) is 7.35.